The standard InChI is InChI=1S/C18H18BrClO/c19-18-9-8-16(10-15(18)11-20)21-12-14-6-3-5-13-4-1-2-7-17(13)14/h1-2,4,7-10,14H,3,5-6,11-12H2. The molecular formula is C18H18BrClO. The second-order valence-corrected chi connectivity index (χ2v) is 6.61. The van der Waals surface area contributed by atoms with Gasteiger partial charge in [-0.15, -0.1) is 11.6 Å². The molecule has 1 aliphatic carbocycles. The Labute approximate surface area is 139 Å². The van der Waals surface area contributed by atoms with Gasteiger partial charge in [0, 0.05) is 16.3 Å². The van der Waals surface area contributed by atoms with Crippen molar-refractivity contribution in [1.82, 2.24) is 0 Å². The lowest BCUT2D eigenvalue weighted by Gasteiger charge is -2.25. The van der Waals surface area contributed by atoms with Crippen molar-refractivity contribution in [2.45, 2.75) is 31.1 Å². The minimum Gasteiger partial charge on any atom is -0.493 e. The monoisotopic (exact) mass is 364 g/mol. The fourth-order valence-electron chi connectivity index (χ4n) is 2.97. The number of rotatable bonds is 4. The Morgan fingerprint density at radius 2 is 2.05 bits per heavy atom. The SMILES string of the molecule is ClCc1cc(OCC2CCCc3ccccc32)ccc1Br. The lowest BCUT2D eigenvalue weighted by Crippen LogP contribution is -2.16. The van der Waals surface area contributed by atoms with Crippen LogP contribution in [-0.4, -0.2) is 6.61 Å². The van der Waals surface area contributed by atoms with E-state index in [1.54, 1.807) is 0 Å². The molecule has 3 rings (SSSR count). The van der Waals surface area contributed by atoms with Crippen LogP contribution in [0.15, 0.2) is 46.9 Å². The van der Waals surface area contributed by atoms with E-state index in [2.05, 4.69) is 40.2 Å². The van der Waals surface area contributed by atoms with Crippen LogP contribution in [0.5, 0.6) is 5.75 Å². The normalized spacial score (nSPS) is 17.3. The molecule has 0 radical (unpaired) electrons. The fourth-order valence-corrected chi connectivity index (χ4v) is 3.74. The molecule has 0 saturated carbocycles. The molecule has 21 heavy (non-hydrogen) atoms. The summed E-state index contributed by atoms with van der Waals surface area (Å²) in [6.07, 6.45) is 3.65. The van der Waals surface area contributed by atoms with Gasteiger partial charge in [-0.1, -0.05) is 40.2 Å². The van der Waals surface area contributed by atoms with E-state index < -0.39 is 0 Å². The van der Waals surface area contributed by atoms with Gasteiger partial charge in [0.15, 0.2) is 0 Å². The molecule has 0 aromatic heterocycles. The molecule has 0 fully saturated rings. The summed E-state index contributed by atoms with van der Waals surface area (Å²) in [5.74, 6) is 1.89. The highest BCUT2D eigenvalue weighted by molar-refractivity contribution is 9.10. The zero-order valence-corrected chi connectivity index (χ0v) is 14.2. The van der Waals surface area contributed by atoms with E-state index in [0.29, 0.717) is 11.8 Å². The summed E-state index contributed by atoms with van der Waals surface area (Å²) in [7, 11) is 0. The molecule has 1 unspecified atom stereocenters. The van der Waals surface area contributed by atoms with Gasteiger partial charge in [-0.2, -0.15) is 0 Å². The van der Waals surface area contributed by atoms with Crippen molar-refractivity contribution in [2.24, 2.45) is 0 Å². The van der Waals surface area contributed by atoms with Crippen LogP contribution in [0.1, 0.15) is 35.4 Å². The zero-order valence-electron chi connectivity index (χ0n) is 11.8. The molecular weight excluding hydrogens is 348 g/mol. The molecule has 0 amide bonds. The number of aryl methyl sites for hydroxylation is 1. The molecule has 1 atom stereocenters. The Hall–Kier alpha value is -0.990. The first-order valence-corrected chi connectivity index (χ1v) is 8.65. The number of alkyl halides is 1. The van der Waals surface area contributed by atoms with E-state index in [1.807, 2.05) is 18.2 Å². The molecule has 0 bridgehead atoms. The van der Waals surface area contributed by atoms with Crippen LogP contribution in [0, 0.1) is 0 Å². The first kappa shape index (κ1) is 14.9. The molecule has 0 aliphatic heterocycles. The number of benzene rings is 2. The molecule has 2 aromatic rings. The number of halogens is 2. The third-order valence-corrected chi connectivity index (χ3v) is 5.17. The van der Waals surface area contributed by atoms with Crippen molar-refractivity contribution < 1.29 is 4.74 Å². The fraction of sp³-hybridized carbons (Fsp3) is 0.333. The van der Waals surface area contributed by atoms with Gasteiger partial charge >= 0.3 is 0 Å². The highest BCUT2D eigenvalue weighted by Crippen LogP contribution is 2.32. The van der Waals surface area contributed by atoms with Crippen molar-refractivity contribution >= 4 is 27.5 Å². The molecule has 0 N–H and O–H groups in total. The minimum absolute atomic E-state index is 0.490. The van der Waals surface area contributed by atoms with Crippen molar-refractivity contribution in [3.8, 4) is 5.75 Å². The van der Waals surface area contributed by atoms with E-state index in [-0.39, 0.29) is 0 Å². The van der Waals surface area contributed by atoms with Gasteiger partial charge in [0.1, 0.15) is 5.75 Å². The third kappa shape index (κ3) is 3.44. The molecule has 0 heterocycles. The Kier molecular flexibility index (Phi) is 4.87. The second kappa shape index (κ2) is 6.85. The molecule has 1 nitrogen and oxygen atoms in total. The van der Waals surface area contributed by atoms with Crippen LogP contribution in [0.3, 0.4) is 0 Å². The molecule has 110 valence electrons. The average molecular weight is 366 g/mol. The largest absolute Gasteiger partial charge is 0.493 e. The summed E-state index contributed by atoms with van der Waals surface area (Å²) >= 11 is 9.43. The summed E-state index contributed by atoms with van der Waals surface area (Å²) in [4.78, 5) is 0. The predicted molar refractivity (Wildman–Crippen MR) is 91.3 cm³/mol. The van der Waals surface area contributed by atoms with Crippen LogP contribution in [0.4, 0.5) is 0 Å². The van der Waals surface area contributed by atoms with Crippen molar-refractivity contribution in [3.05, 3.63) is 63.6 Å². The van der Waals surface area contributed by atoms with Crippen LogP contribution >= 0.6 is 27.5 Å². The van der Waals surface area contributed by atoms with E-state index in [9.17, 15) is 0 Å². The number of fused-ring (bicyclic) bond motifs is 1. The van der Waals surface area contributed by atoms with Crippen molar-refractivity contribution in [2.75, 3.05) is 6.61 Å². The topological polar surface area (TPSA) is 9.23 Å². The van der Waals surface area contributed by atoms with Crippen molar-refractivity contribution in [1.29, 1.82) is 0 Å². The summed E-state index contributed by atoms with van der Waals surface area (Å²) in [6, 6.07) is 14.8. The highest BCUT2D eigenvalue weighted by atomic mass is 79.9. The highest BCUT2D eigenvalue weighted by Gasteiger charge is 2.20. The lowest BCUT2D eigenvalue weighted by molar-refractivity contribution is 0.274. The summed E-state index contributed by atoms with van der Waals surface area (Å²) in [6.45, 7) is 0.736. The average Bonchev–Trinajstić information content (AvgIpc) is 2.54. The maximum atomic E-state index is 6.02. The van der Waals surface area contributed by atoms with Crippen LogP contribution < -0.4 is 4.74 Å². The third-order valence-electron chi connectivity index (χ3n) is 4.11. The van der Waals surface area contributed by atoms with Gasteiger partial charge in [-0.25, -0.2) is 0 Å². The first-order chi connectivity index (χ1) is 10.3. The quantitative estimate of drug-likeness (QED) is 0.633. The van der Waals surface area contributed by atoms with Crippen LogP contribution in [0.25, 0.3) is 0 Å². The number of ether oxygens (including phenoxy) is 1. The Morgan fingerprint density at radius 1 is 1.19 bits per heavy atom. The van der Waals surface area contributed by atoms with Crippen LogP contribution in [0.2, 0.25) is 0 Å². The van der Waals surface area contributed by atoms with Gasteiger partial charge in [0.2, 0.25) is 0 Å². The summed E-state index contributed by atoms with van der Waals surface area (Å²) in [5.41, 5.74) is 4.01. The number of hydrogen-bond acceptors (Lipinski definition) is 1. The predicted octanol–water partition coefficient (Wildman–Crippen LogP) is 5.69. The maximum absolute atomic E-state index is 6.02. The first-order valence-electron chi connectivity index (χ1n) is 7.33. The molecule has 2 aromatic carbocycles. The molecule has 0 saturated heterocycles. The maximum Gasteiger partial charge on any atom is 0.119 e. The Balaban J connectivity index is 1.71. The summed E-state index contributed by atoms with van der Waals surface area (Å²) in [5, 5.41) is 0. The van der Waals surface area contributed by atoms with Gasteiger partial charge < -0.3 is 4.74 Å². The van der Waals surface area contributed by atoms with Gasteiger partial charge in [-0.05, 0) is 54.2 Å². The van der Waals surface area contributed by atoms with E-state index >= 15 is 0 Å². The van der Waals surface area contributed by atoms with E-state index in [4.69, 9.17) is 16.3 Å². The van der Waals surface area contributed by atoms with Crippen LogP contribution in [-0.2, 0) is 12.3 Å². The second-order valence-electron chi connectivity index (χ2n) is 5.49. The van der Waals surface area contributed by atoms with Gasteiger partial charge in [0.05, 0.1) is 6.61 Å². The number of hydrogen-bond donors (Lipinski definition) is 0. The molecule has 1 aliphatic rings. The van der Waals surface area contributed by atoms with Crippen molar-refractivity contribution in [3.63, 3.8) is 0 Å². The van der Waals surface area contributed by atoms with Gasteiger partial charge in [-0.3, -0.25) is 0 Å². The van der Waals surface area contributed by atoms with Gasteiger partial charge in [0.25, 0.3) is 0 Å². The Morgan fingerprint density at radius 3 is 2.90 bits per heavy atom. The molecule has 0 spiro atoms. The van der Waals surface area contributed by atoms with E-state index in [0.717, 1.165) is 22.4 Å². The minimum atomic E-state index is 0.490. The summed E-state index contributed by atoms with van der Waals surface area (Å²) < 4.78 is 7.06. The Bertz CT molecular complexity index is 626. The molecule has 3 heteroatoms. The van der Waals surface area contributed by atoms with E-state index in [1.165, 1.54) is 30.4 Å². The smallest absolute Gasteiger partial charge is 0.119 e. The lowest BCUT2D eigenvalue weighted by atomic mass is 9.83. The zero-order chi connectivity index (χ0) is 14.7.